The second-order valence-electron chi connectivity index (χ2n) is 4.91. The summed E-state index contributed by atoms with van der Waals surface area (Å²) in [7, 11) is 0. The molecule has 0 aliphatic rings. The number of hydrogen-bond acceptors (Lipinski definition) is 3. The summed E-state index contributed by atoms with van der Waals surface area (Å²) in [5, 5.41) is 6.73. The maximum atomic E-state index is 12.0. The Labute approximate surface area is 145 Å². The Morgan fingerprint density at radius 2 is 1.91 bits per heavy atom. The van der Waals surface area contributed by atoms with Crippen LogP contribution in [-0.2, 0) is 4.79 Å². The first kappa shape index (κ1) is 17.4. The zero-order chi connectivity index (χ0) is 16.7. The molecular weight excluding hydrogens is 335 g/mol. The van der Waals surface area contributed by atoms with Crippen molar-refractivity contribution in [2.45, 2.75) is 13.3 Å². The summed E-state index contributed by atoms with van der Waals surface area (Å²) in [4.78, 5) is 12.0. The van der Waals surface area contributed by atoms with Gasteiger partial charge in [0.1, 0.15) is 5.75 Å². The van der Waals surface area contributed by atoms with Crippen LogP contribution in [0.15, 0.2) is 42.5 Å². The van der Waals surface area contributed by atoms with Crippen LogP contribution >= 0.6 is 23.2 Å². The van der Waals surface area contributed by atoms with Gasteiger partial charge in [-0.2, -0.15) is 0 Å². The van der Waals surface area contributed by atoms with Gasteiger partial charge < -0.3 is 15.4 Å². The molecule has 2 aromatic rings. The van der Waals surface area contributed by atoms with E-state index in [9.17, 15) is 4.79 Å². The molecule has 0 saturated heterocycles. The van der Waals surface area contributed by atoms with Crippen molar-refractivity contribution in [3.05, 3.63) is 52.5 Å². The molecule has 2 N–H and O–H groups in total. The van der Waals surface area contributed by atoms with Crippen LogP contribution in [0.25, 0.3) is 0 Å². The van der Waals surface area contributed by atoms with E-state index in [1.165, 1.54) is 0 Å². The molecule has 2 aromatic carbocycles. The van der Waals surface area contributed by atoms with E-state index in [0.29, 0.717) is 22.3 Å². The van der Waals surface area contributed by atoms with Crippen molar-refractivity contribution in [1.82, 2.24) is 0 Å². The number of hydrogen-bond donors (Lipinski definition) is 2. The Morgan fingerprint density at radius 3 is 2.65 bits per heavy atom. The van der Waals surface area contributed by atoms with Crippen LogP contribution in [-0.4, -0.2) is 19.1 Å². The molecule has 0 radical (unpaired) electrons. The molecule has 0 saturated carbocycles. The Balaban J connectivity index is 1.88. The van der Waals surface area contributed by atoms with Crippen LogP contribution in [0.4, 0.5) is 11.4 Å². The van der Waals surface area contributed by atoms with E-state index in [4.69, 9.17) is 27.9 Å². The van der Waals surface area contributed by atoms with Crippen LogP contribution in [0, 0.1) is 0 Å². The number of halogens is 2. The van der Waals surface area contributed by atoms with E-state index in [1.807, 2.05) is 25.1 Å². The molecule has 0 heterocycles. The lowest BCUT2D eigenvalue weighted by Gasteiger charge is -2.10. The van der Waals surface area contributed by atoms with Crippen LogP contribution in [0.1, 0.15) is 13.3 Å². The Kier molecular flexibility index (Phi) is 6.56. The van der Waals surface area contributed by atoms with E-state index in [2.05, 4.69) is 10.6 Å². The van der Waals surface area contributed by atoms with E-state index in [1.54, 1.807) is 24.3 Å². The van der Waals surface area contributed by atoms with Gasteiger partial charge in [0, 0.05) is 17.4 Å². The molecule has 0 aromatic heterocycles. The first-order chi connectivity index (χ1) is 11.1. The maximum absolute atomic E-state index is 12.0. The highest BCUT2D eigenvalue weighted by atomic mass is 35.5. The van der Waals surface area contributed by atoms with Crippen LogP contribution in [0.5, 0.6) is 5.75 Å². The minimum Gasteiger partial charge on any atom is -0.494 e. The summed E-state index contributed by atoms with van der Waals surface area (Å²) in [6.45, 7) is 2.81. The Morgan fingerprint density at radius 1 is 1.09 bits per heavy atom. The quantitative estimate of drug-likeness (QED) is 0.749. The van der Waals surface area contributed by atoms with Crippen molar-refractivity contribution in [3.63, 3.8) is 0 Å². The summed E-state index contributed by atoms with van der Waals surface area (Å²) in [5.41, 5.74) is 1.43. The number of amides is 1. The smallest absolute Gasteiger partial charge is 0.243 e. The number of rotatable bonds is 7. The number of anilines is 2. The lowest BCUT2D eigenvalue weighted by molar-refractivity contribution is -0.114. The van der Waals surface area contributed by atoms with Crippen LogP contribution in [0.3, 0.4) is 0 Å². The van der Waals surface area contributed by atoms with Gasteiger partial charge in [-0.3, -0.25) is 4.79 Å². The predicted molar refractivity (Wildman–Crippen MR) is 95.8 cm³/mol. The molecule has 2 rings (SSSR count). The number of carbonyl (C=O) groups is 1. The summed E-state index contributed by atoms with van der Waals surface area (Å²) < 4.78 is 5.54. The highest BCUT2D eigenvalue weighted by Crippen LogP contribution is 2.25. The third-order valence-electron chi connectivity index (χ3n) is 2.96. The summed E-state index contributed by atoms with van der Waals surface area (Å²) >= 11 is 11.8. The van der Waals surface area contributed by atoms with Gasteiger partial charge in [-0.15, -0.1) is 0 Å². The molecule has 0 atom stereocenters. The van der Waals surface area contributed by atoms with Gasteiger partial charge >= 0.3 is 0 Å². The first-order valence-corrected chi connectivity index (χ1v) is 8.05. The minimum atomic E-state index is -0.163. The third kappa shape index (κ3) is 5.66. The normalized spacial score (nSPS) is 10.2. The zero-order valence-electron chi connectivity index (χ0n) is 12.7. The molecule has 6 heteroatoms. The second-order valence-corrected chi connectivity index (χ2v) is 5.72. The monoisotopic (exact) mass is 352 g/mol. The number of nitrogens with one attached hydrogen (secondary N) is 2. The van der Waals surface area contributed by atoms with Crippen molar-refractivity contribution in [1.29, 1.82) is 0 Å². The number of ether oxygens (including phenoxy) is 1. The average Bonchev–Trinajstić information content (AvgIpc) is 2.54. The summed E-state index contributed by atoms with van der Waals surface area (Å²) in [6.07, 6.45) is 0.935. The molecular formula is C17H18Cl2N2O2. The van der Waals surface area contributed by atoms with Gasteiger partial charge in [0.25, 0.3) is 0 Å². The van der Waals surface area contributed by atoms with Crippen molar-refractivity contribution >= 4 is 40.5 Å². The van der Waals surface area contributed by atoms with E-state index < -0.39 is 0 Å². The lowest BCUT2D eigenvalue weighted by Crippen LogP contribution is -2.21. The third-order valence-corrected chi connectivity index (χ3v) is 3.70. The first-order valence-electron chi connectivity index (χ1n) is 7.30. The summed E-state index contributed by atoms with van der Waals surface area (Å²) in [5.74, 6) is 0.575. The molecule has 23 heavy (non-hydrogen) atoms. The van der Waals surface area contributed by atoms with Crippen molar-refractivity contribution < 1.29 is 9.53 Å². The highest BCUT2D eigenvalue weighted by Gasteiger charge is 2.05. The molecule has 0 unspecified atom stereocenters. The molecule has 0 bridgehead atoms. The van der Waals surface area contributed by atoms with Gasteiger partial charge in [-0.05, 0) is 36.8 Å². The highest BCUT2D eigenvalue weighted by molar-refractivity contribution is 6.42. The fourth-order valence-corrected chi connectivity index (χ4v) is 2.18. The van der Waals surface area contributed by atoms with E-state index in [0.717, 1.165) is 17.9 Å². The molecule has 122 valence electrons. The fraction of sp³-hybridized carbons (Fsp3) is 0.235. The van der Waals surface area contributed by atoms with Crippen molar-refractivity contribution in [2.24, 2.45) is 0 Å². The molecule has 4 nitrogen and oxygen atoms in total. The Hall–Kier alpha value is -1.91. The topological polar surface area (TPSA) is 50.4 Å². The van der Waals surface area contributed by atoms with Gasteiger partial charge in [-0.25, -0.2) is 0 Å². The fourth-order valence-electron chi connectivity index (χ4n) is 1.88. The second kappa shape index (κ2) is 8.65. The Bertz CT molecular complexity index is 677. The van der Waals surface area contributed by atoms with Crippen LogP contribution < -0.4 is 15.4 Å². The largest absolute Gasteiger partial charge is 0.494 e. The molecule has 0 spiro atoms. The van der Waals surface area contributed by atoms with E-state index in [-0.39, 0.29) is 12.5 Å². The zero-order valence-corrected chi connectivity index (χ0v) is 14.2. The SMILES string of the molecule is CCCOc1cccc(NC(=O)CNc2ccc(Cl)c(Cl)c2)c1. The van der Waals surface area contributed by atoms with Crippen molar-refractivity contribution in [2.75, 3.05) is 23.8 Å². The van der Waals surface area contributed by atoms with E-state index >= 15 is 0 Å². The van der Waals surface area contributed by atoms with Crippen LogP contribution in [0.2, 0.25) is 10.0 Å². The predicted octanol–water partition coefficient (Wildman–Crippen LogP) is 4.83. The number of benzene rings is 2. The van der Waals surface area contributed by atoms with Gasteiger partial charge in [-0.1, -0.05) is 36.2 Å². The van der Waals surface area contributed by atoms with Gasteiger partial charge in [0.2, 0.25) is 5.91 Å². The molecule has 0 fully saturated rings. The average molecular weight is 353 g/mol. The molecule has 0 aliphatic carbocycles. The standard InChI is InChI=1S/C17H18Cl2N2O2/c1-2-8-23-14-5-3-4-13(9-14)21-17(22)11-20-12-6-7-15(18)16(19)10-12/h3-7,9-10,20H,2,8,11H2,1H3,(H,21,22). The van der Waals surface area contributed by atoms with Crippen molar-refractivity contribution in [3.8, 4) is 5.75 Å². The molecule has 0 aliphatic heterocycles. The number of carbonyl (C=O) groups excluding carboxylic acids is 1. The maximum Gasteiger partial charge on any atom is 0.243 e. The summed E-state index contributed by atoms with van der Waals surface area (Å²) in [6, 6.07) is 12.4. The molecule has 1 amide bonds. The van der Waals surface area contributed by atoms with Gasteiger partial charge in [0.05, 0.1) is 23.2 Å². The minimum absolute atomic E-state index is 0.123. The van der Waals surface area contributed by atoms with Gasteiger partial charge in [0.15, 0.2) is 0 Å². The lowest BCUT2D eigenvalue weighted by atomic mass is 10.3.